The summed E-state index contributed by atoms with van der Waals surface area (Å²) in [6.45, 7) is 10.6. The first-order valence-corrected chi connectivity index (χ1v) is 14.2. The Kier molecular flexibility index (Phi) is 8.67. The predicted molar refractivity (Wildman–Crippen MR) is 160 cm³/mol. The van der Waals surface area contributed by atoms with Crippen molar-refractivity contribution in [2.75, 3.05) is 13.1 Å². The Balaban J connectivity index is 0.00000181. The molecule has 5 N–H and O–H groups in total. The van der Waals surface area contributed by atoms with E-state index in [9.17, 15) is 14.4 Å². The third-order valence-corrected chi connectivity index (χ3v) is 7.59. The molecule has 4 aromatic rings. The zero-order valence-corrected chi connectivity index (χ0v) is 24.1. The highest BCUT2D eigenvalue weighted by atomic mass is 16.2. The summed E-state index contributed by atoms with van der Waals surface area (Å²) in [4.78, 5) is 47.3. The molecule has 40 heavy (non-hydrogen) atoms. The molecule has 1 fully saturated rings. The van der Waals surface area contributed by atoms with E-state index in [0.29, 0.717) is 38.0 Å². The summed E-state index contributed by atoms with van der Waals surface area (Å²) in [6.07, 6.45) is 3.74. The number of carbonyl (C=O) groups excluding carboxylic acids is 3. The van der Waals surface area contributed by atoms with Gasteiger partial charge in [-0.3, -0.25) is 14.4 Å². The summed E-state index contributed by atoms with van der Waals surface area (Å²) < 4.78 is 0. The van der Waals surface area contributed by atoms with E-state index in [1.165, 1.54) is 0 Å². The molecular formula is C32H41N5O3. The summed E-state index contributed by atoms with van der Waals surface area (Å²) in [5.41, 5.74) is 9.36. The standard InChI is InChI=1S/C30H35N5O3.C2H6/c1-30(2,3)29(38)34-24(16-19-17-32-22-10-6-4-8-20(19)22)28(37)35-14-12-18(13-15-35)25-21-9-5-7-11-23(21)33-26(25)27(31)36;1-2/h4-11,17-18,24,32-33H,12-16H2,1-3H3,(H2,31,36)(H,34,38);1-2H3/t24-;/m1./s1. The maximum atomic E-state index is 13.8. The molecule has 1 aliphatic rings. The number of nitrogens with one attached hydrogen (secondary N) is 3. The smallest absolute Gasteiger partial charge is 0.265 e. The number of primary amides is 1. The normalized spacial score (nSPS) is 15.0. The third-order valence-electron chi connectivity index (χ3n) is 7.59. The fourth-order valence-electron chi connectivity index (χ4n) is 5.49. The van der Waals surface area contributed by atoms with Crippen LogP contribution in [0, 0.1) is 5.41 Å². The van der Waals surface area contributed by atoms with E-state index in [0.717, 1.165) is 32.9 Å². The van der Waals surface area contributed by atoms with E-state index < -0.39 is 17.4 Å². The monoisotopic (exact) mass is 543 g/mol. The third kappa shape index (κ3) is 5.91. The Morgan fingerprint density at radius 3 is 2.20 bits per heavy atom. The van der Waals surface area contributed by atoms with Gasteiger partial charge in [0.2, 0.25) is 11.8 Å². The molecule has 0 saturated carbocycles. The van der Waals surface area contributed by atoms with E-state index in [1.54, 1.807) is 0 Å². The van der Waals surface area contributed by atoms with Crippen molar-refractivity contribution >= 4 is 39.5 Å². The van der Waals surface area contributed by atoms with Gasteiger partial charge in [0.15, 0.2) is 0 Å². The number of nitrogens with two attached hydrogens (primary N) is 1. The van der Waals surface area contributed by atoms with Crippen LogP contribution in [0.25, 0.3) is 21.8 Å². The van der Waals surface area contributed by atoms with Crippen LogP contribution in [0.15, 0.2) is 54.7 Å². The lowest BCUT2D eigenvalue weighted by atomic mass is 9.86. The number of likely N-dealkylation sites (tertiary alicyclic amines) is 1. The molecule has 3 heterocycles. The van der Waals surface area contributed by atoms with Crippen molar-refractivity contribution in [3.05, 3.63) is 71.5 Å². The van der Waals surface area contributed by atoms with Gasteiger partial charge in [-0.2, -0.15) is 0 Å². The van der Waals surface area contributed by atoms with Crippen molar-refractivity contribution in [1.82, 2.24) is 20.2 Å². The quantitative estimate of drug-likeness (QED) is 0.265. The maximum absolute atomic E-state index is 13.8. The average molecular weight is 544 g/mol. The number of H-pyrrole nitrogens is 2. The lowest BCUT2D eigenvalue weighted by Gasteiger charge is -2.35. The second-order valence-electron chi connectivity index (χ2n) is 11.3. The van der Waals surface area contributed by atoms with Gasteiger partial charge >= 0.3 is 0 Å². The summed E-state index contributed by atoms with van der Waals surface area (Å²) in [6, 6.07) is 15.1. The fourth-order valence-corrected chi connectivity index (χ4v) is 5.49. The molecule has 5 rings (SSSR count). The van der Waals surface area contributed by atoms with Crippen LogP contribution in [0.2, 0.25) is 0 Å². The molecule has 8 heteroatoms. The van der Waals surface area contributed by atoms with Crippen molar-refractivity contribution in [2.45, 2.75) is 65.8 Å². The molecular weight excluding hydrogens is 502 g/mol. The highest BCUT2D eigenvalue weighted by molar-refractivity contribution is 6.00. The first-order valence-electron chi connectivity index (χ1n) is 14.2. The number of aromatic amines is 2. The highest BCUT2D eigenvalue weighted by Gasteiger charge is 2.34. The summed E-state index contributed by atoms with van der Waals surface area (Å²) >= 11 is 0. The zero-order chi connectivity index (χ0) is 29.0. The number of piperidine rings is 1. The molecule has 1 atom stereocenters. The van der Waals surface area contributed by atoms with Gasteiger partial charge in [0.1, 0.15) is 11.7 Å². The Morgan fingerprint density at radius 2 is 1.57 bits per heavy atom. The molecule has 0 spiro atoms. The first-order chi connectivity index (χ1) is 19.1. The molecule has 1 saturated heterocycles. The molecule has 212 valence electrons. The van der Waals surface area contributed by atoms with E-state index >= 15 is 0 Å². The number of benzene rings is 2. The highest BCUT2D eigenvalue weighted by Crippen LogP contribution is 2.36. The van der Waals surface area contributed by atoms with Crippen LogP contribution in [-0.2, 0) is 16.0 Å². The molecule has 3 amide bonds. The minimum Gasteiger partial charge on any atom is -0.364 e. The van der Waals surface area contributed by atoms with Crippen LogP contribution < -0.4 is 11.1 Å². The summed E-state index contributed by atoms with van der Waals surface area (Å²) in [5.74, 6) is -0.608. The van der Waals surface area contributed by atoms with Crippen LogP contribution in [0.3, 0.4) is 0 Å². The van der Waals surface area contributed by atoms with Crippen molar-refractivity contribution in [3.8, 4) is 0 Å². The van der Waals surface area contributed by atoms with E-state index in [-0.39, 0.29) is 17.7 Å². The lowest BCUT2D eigenvalue weighted by Crippen LogP contribution is -2.53. The van der Waals surface area contributed by atoms with Crippen molar-refractivity contribution in [3.63, 3.8) is 0 Å². The number of aromatic nitrogens is 2. The van der Waals surface area contributed by atoms with Crippen LogP contribution in [0.5, 0.6) is 0 Å². The molecule has 2 aromatic heterocycles. The van der Waals surface area contributed by atoms with Crippen molar-refractivity contribution in [2.24, 2.45) is 11.1 Å². The second-order valence-corrected chi connectivity index (χ2v) is 11.3. The topological polar surface area (TPSA) is 124 Å². The van der Waals surface area contributed by atoms with Gasteiger partial charge in [0.25, 0.3) is 5.91 Å². The molecule has 8 nitrogen and oxygen atoms in total. The van der Waals surface area contributed by atoms with Crippen LogP contribution in [0.1, 0.15) is 75.0 Å². The Hall–Kier alpha value is -4.07. The number of carbonyl (C=O) groups is 3. The average Bonchev–Trinajstić information content (AvgIpc) is 3.55. The lowest BCUT2D eigenvalue weighted by molar-refractivity contribution is -0.139. The molecule has 1 aliphatic heterocycles. The van der Waals surface area contributed by atoms with Gasteiger partial charge in [-0.25, -0.2) is 0 Å². The molecule has 0 unspecified atom stereocenters. The number of para-hydroxylation sites is 2. The minimum absolute atomic E-state index is 0.0830. The van der Waals surface area contributed by atoms with Gasteiger partial charge in [-0.05, 0) is 42.0 Å². The van der Waals surface area contributed by atoms with Gasteiger partial charge in [0.05, 0.1) is 0 Å². The van der Waals surface area contributed by atoms with E-state index in [1.807, 2.05) is 94.2 Å². The number of amides is 3. The summed E-state index contributed by atoms with van der Waals surface area (Å²) in [5, 5.41) is 5.08. The van der Waals surface area contributed by atoms with Gasteiger partial charge in [-0.1, -0.05) is 71.0 Å². The minimum atomic E-state index is -0.674. The number of hydrogen-bond acceptors (Lipinski definition) is 3. The molecule has 2 aromatic carbocycles. The molecule has 0 bridgehead atoms. The molecule has 0 aliphatic carbocycles. The Bertz CT molecular complexity index is 1500. The first kappa shape index (κ1) is 28.9. The van der Waals surface area contributed by atoms with Crippen molar-refractivity contribution < 1.29 is 14.4 Å². The van der Waals surface area contributed by atoms with Gasteiger partial charge in [0, 0.05) is 52.9 Å². The SMILES string of the molecule is CC.CC(C)(C)C(=O)N[C@H](Cc1c[nH]c2ccccc12)C(=O)N1CCC(c2c(C(N)=O)[nH]c3ccccc23)CC1. The van der Waals surface area contributed by atoms with Crippen molar-refractivity contribution in [1.29, 1.82) is 0 Å². The van der Waals surface area contributed by atoms with Gasteiger partial charge in [-0.15, -0.1) is 0 Å². The van der Waals surface area contributed by atoms with Crippen LogP contribution in [0.4, 0.5) is 0 Å². The number of nitrogens with zero attached hydrogens (tertiary/aromatic N) is 1. The molecule has 0 radical (unpaired) electrons. The number of fused-ring (bicyclic) bond motifs is 2. The maximum Gasteiger partial charge on any atom is 0.265 e. The van der Waals surface area contributed by atoms with E-state index in [2.05, 4.69) is 15.3 Å². The van der Waals surface area contributed by atoms with E-state index in [4.69, 9.17) is 5.73 Å². The predicted octanol–water partition coefficient (Wildman–Crippen LogP) is 5.25. The van der Waals surface area contributed by atoms with Gasteiger partial charge < -0.3 is 25.9 Å². The Morgan fingerprint density at radius 1 is 0.975 bits per heavy atom. The number of hydrogen-bond donors (Lipinski definition) is 4. The second kappa shape index (κ2) is 12.0. The van der Waals surface area contributed by atoms with Crippen LogP contribution >= 0.6 is 0 Å². The van der Waals surface area contributed by atoms with Crippen LogP contribution in [-0.4, -0.2) is 51.7 Å². The summed E-state index contributed by atoms with van der Waals surface area (Å²) in [7, 11) is 0. The number of rotatable bonds is 6. The Labute approximate surface area is 235 Å². The largest absolute Gasteiger partial charge is 0.364 e. The zero-order valence-electron chi connectivity index (χ0n) is 24.1. The fraction of sp³-hybridized carbons (Fsp3) is 0.406.